The van der Waals surface area contributed by atoms with Crippen molar-refractivity contribution in [2.75, 3.05) is 0 Å². The third-order valence-corrected chi connectivity index (χ3v) is 1.36. The quantitative estimate of drug-likeness (QED) is 0.687. The van der Waals surface area contributed by atoms with Crippen LogP contribution in [0.4, 0.5) is 4.39 Å². The van der Waals surface area contributed by atoms with Crippen LogP contribution in [0, 0.1) is 5.82 Å². The van der Waals surface area contributed by atoms with Crippen LogP contribution in [0.2, 0.25) is 0 Å². The van der Waals surface area contributed by atoms with Crippen LogP contribution in [0.15, 0.2) is 24.3 Å². The first-order valence-corrected chi connectivity index (χ1v) is 4.14. The van der Waals surface area contributed by atoms with E-state index in [1.54, 1.807) is 25.1 Å². The van der Waals surface area contributed by atoms with Crippen LogP contribution in [0.1, 0.15) is 32.4 Å². The second-order valence-electron chi connectivity index (χ2n) is 2.20. The number of rotatable bonds is 1. The van der Waals surface area contributed by atoms with Crippen LogP contribution in [0.3, 0.4) is 0 Å². The van der Waals surface area contributed by atoms with E-state index in [1.165, 1.54) is 6.07 Å². The third kappa shape index (κ3) is 3.01. The van der Waals surface area contributed by atoms with Crippen LogP contribution in [0.25, 0.3) is 0 Å². The molecule has 1 aromatic carbocycles. The second kappa shape index (κ2) is 5.72. The lowest BCUT2D eigenvalue weighted by atomic mass is 10.1. The Kier molecular flexibility index (Phi) is 5.30. The van der Waals surface area contributed by atoms with Gasteiger partial charge in [-0.15, -0.1) is 0 Å². The molecule has 0 heterocycles. The molecule has 0 amide bonds. The Morgan fingerprint density at radius 1 is 1.25 bits per heavy atom. The summed E-state index contributed by atoms with van der Waals surface area (Å²) < 4.78 is 12.7. The molecule has 1 atom stereocenters. The van der Waals surface area contributed by atoms with Crippen molar-refractivity contribution < 1.29 is 9.50 Å². The van der Waals surface area contributed by atoms with Crippen molar-refractivity contribution in [2.45, 2.75) is 26.9 Å². The SMILES string of the molecule is CC.CC(O)c1ccccc1F. The van der Waals surface area contributed by atoms with Crippen molar-refractivity contribution in [2.24, 2.45) is 0 Å². The molecule has 0 spiro atoms. The molecular weight excluding hydrogens is 155 g/mol. The highest BCUT2D eigenvalue weighted by Gasteiger charge is 2.04. The molecule has 1 nitrogen and oxygen atoms in total. The van der Waals surface area contributed by atoms with Gasteiger partial charge in [-0.1, -0.05) is 32.0 Å². The molecule has 12 heavy (non-hydrogen) atoms. The van der Waals surface area contributed by atoms with Gasteiger partial charge in [0.05, 0.1) is 6.10 Å². The van der Waals surface area contributed by atoms with Gasteiger partial charge in [-0.3, -0.25) is 0 Å². The molecule has 0 aliphatic carbocycles. The summed E-state index contributed by atoms with van der Waals surface area (Å²) in [4.78, 5) is 0. The first-order valence-electron chi connectivity index (χ1n) is 4.14. The maximum absolute atomic E-state index is 12.7. The summed E-state index contributed by atoms with van der Waals surface area (Å²) in [5, 5.41) is 8.96. The molecule has 0 aliphatic heterocycles. The number of aliphatic hydroxyl groups is 1. The van der Waals surface area contributed by atoms with Crippen LogP contribution in [-0.4, -0.2) is 5.11 Å². The lowest BCUT2D eigenvalue weighted by Crippen LogP contribution is -1.93. The Morgan fingerprint density at radius 2 is 1.75 bits per heavy atom. The number of hydrogen-bond donors (Lipinski definition) is 1. The van der Waals surface area contributed by atoms with Gasteiger partial charge in [0.2, 0.25) is 0 Å². The van der Waals surface area contributed by atoms with Crippen LogP contribution >= 0.6 is 0 Å². The first-order chi connectivity index (χ1) is 5.72. The highest BCUT2D eigenvalue weighted by atomic mass is 19.1. The molecule has 1 rings (SSSR count). The molecule has 68 valence electrons. The largest absolute Gasteiger partial charge is 0.389 e. The minimum Gasteiger partial charge on any atom is -0.389 e. The molecule has 0 fully saturated rings. The lowest BCUT2D eigenvalue weighted by Gasteiger charge is -2.03. The Morgan fingerprint density at radius 3 is 2.08 bits per heavy atom. The predicted octanol–water partition coefficient (Wildman–Crippen LogP) is 2.91. The summed E-state index contributed by atoms with van der Waals surface area (Å²) in [6, 6.07) is 6.20. The summed E-state index contributed by atoms with van der Waals surface area (Å²) in [5.41, 5.74) is 0.350. The topological polar surface area (TPSA) is 20.2 Å². The standard InChI is InChI=1S/C8H9FO.C2H6/c1-6(10)7-4-2-3-5-8(7)9;1-2/h2-6,10H,1H3;1-2H3. The highest BCUT2D eigenvalue weighted by molar-refractivity contribution is 5.18. The molecule has 0 saturated carbocycles. The highest BCUT2D eigenvalue weighted by Crippen LogP contribution is 2.14. The van der Waals surface area contributed by atoms with Crippen molar-refractivity contribution in [3.05, 3.63) is 35.6 Å². The molecule has 1 unspecified atom stereocenters. The Hall–Kier alpha value is -0.890. The Labute approximate surface area is 72.9 Å². The number of benzene rings is 1. The molecule has 0 bridgehead atoms. The first kappa shape index (κ1) is 11.1. The van der Waals surface area contributed by atoms with Gasteiger partial charge in [-0.05, 0) is 13.0 Å². The number of hydrogen-bond acceptors (Lipinski definition) is 1. The predicted molar refractivity (Wildman–Crippen MR) is 48.4 cm³/mol. The fourth-order valence-electron chi connectivity index (χ4n) is 0.814. The maximum Gasteiger partial charge on any atom is 0.128 e. The van der Waals surface area contributed by atoms with E-state index in [0.717, 1.165) is 0 Å². The van der Waals surface area contributed by atoms with Gasteiger partial charge in [0.25, 0.3) is 0 Å². The smallest absolute Gasteiger partial charge is 0.128 e. The zero-order valence-corrected chi connectivity index (χ0v) is 7.71. The zero-order valence-electron chi connectivity index (χ0n) is 7.71. The van der Waals surface area contributed by atoms with Crippen molar-refractivity contribution in [3.8, 4) is 0 Å². The normalized spacial score (nSPS) is 11.4. The van der Waals surface area contributed by atoms with E-state index in [-0.39, 0.29) is 5.82 Å². The number of halogens is 1. The molecule has 1 N–H and O–H groups in total. The molecule has 2 heteroatoms. The van der Waals surface area contributed by atoms with Gasteiger partial charge in [0.15, 0.2) is 0 Å². The summed E-state index contributed by atoms with van der Waals surface area (Å²) >= 11 is 0. The lowest BCUT2D eigenvalue weighted by molar-refractivity contribution is 0.194. The minimum atomic E-state index is -0.721. The van der Waals surface area contributed by atoms with E-state index in [0.29, 0.717) is 5.56 Å². The second-order valence-corrected chi connectivity index (χ2v) is 2.20. The Bertz CT molecular complexity index is 221. The minimum absolute atomic E-state index is 0.350. The van der Waals surface area contributed by atoms with E-state index >= 15 is 0 Å². The van der Waals surface area contributed by atoms with Gasteiger partial charge < -0.3 is 5.11 Å². The maximum atomic E-state index is 12.7. The molecule has 0 aromatic heterocycles. The van der Waals surface area contributed by atoms with Crippen LogP contribution < -0.4 is 0 Å². The van der Waals surface area contributed by atoms with Crippen molar-refractivity contribution in [3.63, 3.8) is 0 Å². The van der Waals surface area contributed by atoms with Crippen molar-refractivity contribution in [1.29, 1.82) is 0 Å². The molecule has 0 aliphatic rings. The summed E-state index contributed by atoms with van der Waals surface area (Å²) in [7, 11) is 0. The Balaban J connectivity index is 0.000000561. The van der Waals surface area contributed by atoms with E-state index in [1.807, 2.05) is 13.8 Å². The van der Waals surface area contributed by atoms with E-state index in [4.69, 9.17) is 5.11 Å². The average molecular weight is 170 g/mol. The fraction of sp³-hybridized carbons (Fsp3) is 0.400. The van der Waals surface area contributed by atoms with E-state index < -0.39 is 6.10 Å². The summed E-state index contributed by atoms with van der Waals surface area (Å²) in [5.74, 6) is -0.350. The number of aliphatic hydroxyl groups excluding tert-OH is 1. The van der Waals surface area contributed by atoms with E-state index in [2.05, 4.69) is 0 Å². The molecule has 0 radical (unpaired) electrons. The summed E-state index contributed by atoms with van der Waals surface area (Å²) in [6.45, 7) is 5.54. The summed E-state index contributed by atoms with van der Waals surface area (Å²) in [6.07, 6.45) is -0.721. The molecule has 1 aromatic rings. The van der Waals surface area contributed by atoms with Gasteiger partial charge >= 0.3 is 0 Å². The van der Waals surface area contributed by atoms with Gasteiger partial charge in [0, 0.05) is 5.56 Å². The fourth-order valence-corrected chi connectivity index (χ4v) is 0.814. The van der Waals surface area contributed by atoms with Gasteiger partial charge in [-0.25, -0.2) is 4.39 Å². The average Bonchev–Trinajstić information content (AvgIpc) is 2.08. The van der Waals surface area contributed by atoms with Gasteiger partial charge in [0.1, 0.15) is 5.82 Å². The molecule has 0 saturated heterocycles. The van der Waals surface area contributed by atoms with Crippen molar-refractivity contribution >= 4 is 0 Å². The van der Waals surface area contributed by atoms with Crippen LogP contribution in [-0.2, 0) is 0 Å². The molecular formula is C10H15FO. The third-order valence-electron chi connectivity index (χ3n) is 1.36. The van der Waals surface area contributed by atoms with E-state index in [9.17, 15) is 4.39 Å². The van der Waals surface area contributed by atoms with Crippen LogP contribution in [0.5, 0.6) is 0 Å². The van der Waals surface area contributed by atoms with Crippen molar-refractivity contribution in [1.82, 2.24) is 0 Å². The van der Waals surface area contributed by atoms with Gasteiger partial charge in [-0.2, -0.15) is 0 Å². The zero-order chi connectivity index (χ0) is 9.56. The monoisotopic (exact) mass is 170 g/mol.